The first-order valence-electron chi connectivity index (χ1n) is 10.0. The van der Waals surface area contributed by atoms with E-state index >= 15 is 0 Å². The maximum atomic E-state index is 13.7. The molecule has 6 nitrogen and oxygen atoms in total. The molecule has 2 aromatic heterocycles. The minimum atomic E-state index is -2.84. The van der Waals surface area contributed by atoms with Crippen molar-refractivity contribution in [1.82, 2.24) is 14.5 Å². The fourth-order valence-electron chi connectivity index (χ4n) is 5.04. The highest BCUT2D eigenvalue weighted by Crippen LogP contribution is 2.54. The van der Waals surface area contributed by atoms with Gasteiger partial charge in [-0.1, -0.05) is 24.3 Å². The van der Waals surface area contributed by atoms with E-state index in [0.717, 1.165) is 10.1 Å². The predicted molar refractivity (Wildman–Crippen MR) is 110 cm³/mol. The molecule has 1 saturated heterocycles. The zero-order chi connectivity index (χ0) is 21.8. The van der Waals surface area contributed by atoms with Crippen molar-refractivity contribution in [2.45, 2.75) is 31.4 Å². The number of fused-ring (bicyclic) bond motifs is 2. The number of carbonyl (C=O) groups excluding carboxylic acids is 2. The Labute approximate surface area is 177 Å². The SMILES string of the molecule is Cc1ccc(C(=O)N2CCC3(C(=O)Nc4ccccc43)C2c2cccnc2)n1C(F)F. The Morgan fingerprint density at radius 2 is 2.00 bits per heavy atom. The van der Waals surface area contributed by atoms with Crippen LogP contribution in [0, 0.1) is 6.92 Å². The molecule has 1 N–H and O–H groups in total. The smallest absolute Gasteiger partial charge is 0.319 e. The zero-order valence-corrected chi connectivity index (χ0v) is 16.8. The average Bonchev–Trinajstić information content (AvgIpc) is 3.43. The summed E-state index contributed by atoms with van der Waals surface area (Å²) in [7, 11) is 0. The molecule has 0 radical (unpaired) electrons. The maximum absolute atomic E-state index is 13.7. The van der Waals surface area contributed by atoms with Gasteiger partial charge in [-0.05, 0) is 48.7 Å². The van der Waals surface area contributed by atoms with Crippen molar-refractivity contribution in [2.75, 3.05) is 11.9 Å². The standard InChI is InChI=1S/C23H20F2N4O2/c1-14-8-9-18(29(14)22(24)25)20(30)28-12-10-23(19(28)15-5-4-11-26-13-15)16-6-2-3-7-17(16)27-21(23)31/h2-9,11,13,19,22H,10,12H2,1H3,(H,27,31). The number of nitrogens with one attached hydrogen (secondary N) is 1. The van der Waals surface area contributed by atoms with E-state index in [1.807, 2.05) is 30.3 Å². The van der Waals surface area contributed by atoms with Gasteiger partial charge in [-0.25, -0.2) is 0 Å². The van der Waals surface area contributed by atoms with Crippen LogP contribution in [0.1, 0.15) is 46.3 Å². The number of anilines is 1. The van der Waals surface area contributed by atoms with E-state index < -0.39 is 23.9 Å². The van der Waals surface area contributed by atoms with Gasteiger partial charge in [0.2, 0.25) is 5.91 Å². The number of para-hydroxylation sites is 1. The molecule has 2 amide bonds. The van der Waals surface area contributed by atoms with Gasteiger partial charge in [-0.15, -0.1) is 0 Å². The second kappa shape index (κ2) is 7.01. The fraction of sp³-hybridized carbons (Fsp3) is 0.261. The van der Waals surface area contributed by atoms with Gasteiger partial charge in [-0.2, -0.15) is 8.78 Å². The van der Waals surface area contributed by atoms with Crippen molar-refractivity contribution >= 4 is 17.5 Å². The van der Waals surface area contributed by atoms with Crippen LogP contribution in [0.25, 0.3) is 0 Å². The summed E-state index contributed by atoms with van der Waals surface area (Å²) in [6.07, 6.45) is 3.63. The van der Waals surface area contributed by atoms with Gasteiger partial charge >= 0.3 is 6.55 Å². The van der Waals surface area contributed by atoms with Gasteiger partial charge in [0.25, 0.3) is 5.91 Å². The molecule has 2 aliphatic rings. The summed E-state index contributed by atoms with van der Waals surface area (Å²) in [5.41, 5.74) is 1.41. The first-order valence-corrected chi connectivity index (χ1v) is 10.0. The van der Waals surface area contributed by atoms with Crippen molar-refractivity contribution in [3.05, 3.63) is 83.4 Å². The van der Waals surface area contributed by atoms with E-state index in [1.165, 1.54) is 24.0 Å². The molecule has 3 aromatic rings. The number of carbonyl (C=O) groups is 2. The van der Waals surface area contributed by atoms with E-state index in [9.17, 15) is 18.4 Å². The zero-order valence-electron chi connectivity index (χ0n) is 16.8. The van der Waals surface area contributed by atoms with Crippen LogP contribution in [0.3, 0.4) is 0 Å². The third-order valence-corrected chi connectivity index (χ3v) is 6.38. The van der Waals surface area contributed by atoms with Gasteiger partial charge in [0.15, 0.2) is 0 Å². The Bertz CT molecular complexity index is 1180. The van der Waals surface area contributed by atoms with Crippen LogP contribution >= 0.6 is 0 Å². The first-order chi connectivity index (χ1) is 14.9. The number of hydrogen-bond donors (Lipinski definition) is 1. The maximum Gasteiger partial charge on any atom is 0.319 e. The van der Waals surface area contributed by atoms with Crippen LogP contribution in [0.4, 0.5) is 14.5 Å². The van der Waals surface area contributed by atoms with Crippen LogP contribution in [0.2, 0.25) is 0 Å². The molecular weight excluding hydrogens is 402 g/mol. The monoisotopic (exact) mass is 422 g/mol. The average molecular weight is 422 g/mol. The summed E-state index contributed by atoms with van der Waals surface area (Å²) in [4.78, 5) is 32.6. The highest BCUT2D eigenvalue weighted by Gasteiger charge is 2.59. The molecule has 0 bridgehead atoms. The largest absolute Gasteiger partial charge is 0.329 e. The highest BCUT2D eigenvalue weighted by molar-refractivity contribution is 6.08. The van der Waals surface area contributed by atoms with Gasteiger partial charge in [0, 0.05) is 30.3 Å². The lowest BCUT2D eigenvalue weighted by atomic mass is 9.73. The number of likely N-dealkylation sites (tertiary alicyclic amines) is 1. The van der Waals surface area contributed by atoms with Crippen molar-refractivity contribution in [3.63, 3.8) is 0 Å². The van der Waals surface area contributed by atoms with Gasteiger partial charge in [-0.3, -0.25) is 19.1 Å². The molecule has 2 unspecified atom stereocenters. The quantitative estimate of drug-likeness (QED) is 0.692. The van der Waals surface area contributed by atoms with E-state index in [2.05, 4.69) is 10.3 Å². The fourth-order valence-corrected chi connectivity index (χ4v) is 5.04. The lowest BCUT2D eigenvalue weighted by Gasteiger charge is -2.34. The van der Waals surface area contributed by atoms with Crippen LogP contribution in [0.5, 0.6) is 0 Å². The molecule has 2 aliphatic heterocycles. The normalized spacial score (nSPS) is 22.3. The number of amides is 2. The van der Waals surface area contributed by atoms with E-state index in [0.29, 0.717) is 23.4 Å². The number of aromatic nitrogens is 2. The molecule has 158 valence electrons. The predicted octanol–water partition coefficient (Wildman–Crippen LogP) is 4.06. The number of halogens is 2. The summed E-state index contributed by atoms with van der Waals surface area (Å²) >= 11 is 0. The molecule has 1 aromatic carbocycles. The molecule has 1 spiro atoms. The minimum Gasteiger partial charge on any atom is -0.329 e. The molecule has 4 heterocycles. The second-order valence-electron chi connectivity index (χ2n) is 7.92. The number of benzene rings is 1. The third-order valence-electron chi connectivity index (χ3n) is 6.38. The number of aryl methyl sites for hydroxylation is 1. The summed E-state index contributed by atoms with van der Waals surface area (Å²) in [6.45, 7) is -1.04. The summed E-state index contributed by atoms with van der Waals surface area (Å²) in [5.74, 6) is -0.727. The van der Waals surface area contributed by atoms with Crippen LogP contribution in [-0.2, 0) is 10.2 Å². The van der Waals surface area contributed by atoms with Gasteiger partial charge < -0.3 is 10.2 Å². The number of pyridine rings is 1. The Morgan fingerprint density at radius 3 is 2.74 bits per heavy atom. The van der Waals surface area contributed by atoms with E-state index in [4.69, 9.17) is 0 Å². The molecule has 5 rings (SSSR count). The lowest BCUT2D eigenvalue weighted by Crippen LogP contribution is -2.43. The Balaban J connectivity index is 1.67. The summed E-state index contributed by atoms with van der Waals surface area (Å²) in [5, 5.41) is 2.94. The van der Waals surface area contributed by atoms with Gasteiger partial charge in [0.1, 0.15) is 11.1 Å². The number of rotatable bonds is 3. The Morgan fingerprint density at radius 1 is 1.19 bits per heavy atom. The van der Waals surface area contributed by atoms with Crippen LogP contribution < -0.4 is 5.32 Å². The Hall–Kier alpha value is -3.55. The highest BCUT2D eigenvalue weighted by atomic mass is 19.3. The molecule has 31 heavy (non-hydrogen) atoms. The molecular formula is C23H20F2N4O2. The Kier molecular flexibility index (Phi) is 4.39. The molecule has 2 atom stereocenters. The van der Waals surface area contributed by atoms with Crippen molar-refractivity contribution in [1.29, 1.82) is 0 Å². The van der Waals surface area contributed by atoms with E-state index in [-0.39, 0.29) is 18.1 Å². The summed E-state index contributed by atoms with van der Waals surface area (Å²) in [6, 6.07) is 13.2. The van der Waals surface area contributed by atoms with Crippen molar-refractivity contribution in [3.8, 4) is 0 Å². The van der Waals surface area contributed by atoms with Crippen molar-refractivity contribution < 1.29 is 18.4 Å². The second-order valence-corrected chi connectivity index (χ2v) is 7.92. The lowest BCUT2D eigenvalue weighted by molar-refractivity contribution is -0.121. The molecule has 0 aliphatic carbocycles. The third kappa shape index (κ3) is 2.71. The van der Waals surface area contributed by atoms with Crippen LogP contribution in [0.15, 0.2) is 60.9 Å². The molecule has 1 fully saturated rings. The first kappa shape index (κ1) is 19.4. The van der Waals surface area contributed by atoms with E-state index in [1.54, 1.807) is 18.5 Å². The van der Waals surface area contributed by atoms with Crippen LogP contribution in [-0.4, -0.2) is 32.8 Å². The molecule has 0 saturated carbocycles. The number of nitrogens with zero attached hydrogens (tertiary/aromatic N) is 3. The number of alkyl halides is 2. The number of hydrogen-bond acceptors (Lipinski definition) is 3. The van der Waals surface area contributed by atoms with Gasteiger partial charge in [0.05, 0.1) is 6.04 Å². The topological polar surface area (TPSA) is 67.2 Å². The van der Waals surface area contributed by atoms with Crippen molar-refractivity contribution in [2.24, 2.45) is 0 Å². The minimum absolute atomic E-state index is 0.0925. The molecule has 8 heteroatoms. The summed E-state index contributed by atoms with van der Waals surface area (Å²) < 4.78 is 28.1.